The molecule has 0 radical (unpaired) electrons. The molecule has 0 bridgehead atoms. The predicted molar refractivity (Wildman–Crippen MR) is 84.2 cm³/mol. The van der Waals surface area contributed by atoms with Gasteiger partial charge in [-0.3, -0.25) is 9.59 Å². The number of thiophene rings is 1. The van der Waals surface area contributed by atoms with Crippen molar-refractivity contribution in [3.63, 3.8) is 0 Å². The minimum Gasteiger partial charge on any atom is -0.365 e. The fourth-order valence-corrected chi connectivity index (χ4v) is 4.15. The molecule has 3 rings (SSSR count). The van der Waals surface area contributed by atoms with E-state index in [9.17, 15) is 18.4 Å². The van der Waals surface area contributed by atoms with Gasteiger partial charge in [0.15, 0.2) is 11.6 Å². The highest BCUT2D eigenvalue weighted by molar-refractivity contribution is 7.17. The maximum atomic E-state index is 13.3. The molecule has 0 unspecified atom stereocenters. The van der Waals surface area contributed by atoms with Gasteiger partial charge in [0, 0.05) is 4.88 Å². The third kappa shape index (κ3) is 2.82. The first-order chi connectivity index (χ1) is 10.9. The van der Waals surface area contributed by atoms with Crippen molar-refractivity contribution in [3.8, 4) is 0 Å². The molecule has 2 aromatic rings. The number of nitrogens with two attached hydrogens (primary N) is 1. The summed E-state index contributed by atoms with van der Waals surface area (Å²) in [4.78, 5) is 24.9. The zero-order chi connectivity index (χ0) is 16.7. The second kappa shape index (κ2) is 5.90. The minimum absolute atomic E-state index is 0.213. The van der Waals surface area contributed by atoms with E-state index in [1.165, 1.54) is 11.3 Å². The lowest BCUT2D eigenvalue weighted by atomic mass is 10.1. The van der Waals surface area contributed by atoms with Crippen LogP contribution in [0.5, 0.6) is 0 Å². The SMILES string of the molecule is NC(=O)c1c(NC(=O)c2cc(F)c(F)cc2Cl)sc2c1CCC2. The number of hydrogen-bond donors (Lipinski definition) is 2. The lowest BCUT2D eigenvalue weighted by Gasteiger charge is -2.08. The molecule has 4 nitrogen and oxygen atoms in total. The van der Waals surface area contributed by atoms with Gasteiger partial charge in [-0.2, -0.15) is 0 Å². The van der Waals surface area contributed by atoms with E-state index in [4.69, 9.17) is 17.3 Å². The van der Waals surface area contributed by atoms with E-state index in [2.05, 4.69) is 5.32 Å². The standard InChI is InChI=1S/C15H11ClF2N2O2S/c16-8-5-10(18)9(17)4-7(8)14(22)20-15-12(13(19)21)6-2-1-3-11(6)23-15/h4-5H,1-3H2,(H2,19,21)(H,20,22). The summed E-state index contributed by atoms with van der Waals surface area (Å²) >= 11 is 7.05. The highest BCUT2D eigenvalue weighted by atomic mass is 35.5. The van der Waals surface area contributed by atoms with E-state index in [1.807, 2.05) is 0 Å². The Morgan fingerprint density at radius 3 is 2.61 bits per heavy atom. The van der Waals surface area contributed by atoms with Crippen LogP contribution in [0.25, 0.3) is 0 Å². The van der Waals surface area contributed by atoms with Gasteiger partial charge in [0.25, 0.3) is 11.8 Å². The van der Waals surface area contributed by atoms with E-state index >= 15 is 0 Å². The van der Waals surface area contributed by atoms with Crippen LogP contribution in [0.4, 0.5) is 13.8 Å². The van der Waals surface area contributed by atoms with E-state index in [1.54, 1.807) is 0 Å². The van der Waals surface area contributed by atoms with Crippen molar-refractivity contribution >= 4 is 39.8 Å². The quantitative estimate of drug-likeness (QED) is 0.826. The van der Waals surface area contributed by atoms with Crippen LogP contribution in [0, 0.1) is 11.6 Å². The van der Waals surface area contributed by atoms with Gasteiger partial charge in [-0.1, -0.05) is 11.6 Å². The number of amides is 2. The second-order valence-electron chi connectivity index (χ2n) is 5.13. The number of carbonyl (C=O) groups is 2. The Kier molecular flexibility index (Phi) is 4.08. The Morgan fingerprint density at radius 2 is 1.91 bits per heavy atom. The summed E-state index contributed by atoms with van der Waals surface area (Å²) in [5.74, 6) is -3.67. The second-order valence-corrected chi connectivity index (χ2v) is 6.64. The van der Waals surface area contributed by atoms with Crippen LogP contribution in [0.3, 0.4) is 0 Å². The summed E-state index contributed by atoms with van der Waals surface area (Å²) in [6, 6.07) is 1.45. The Bertz CT molecular complexity index is 835. The van der Waals surface area contributed by atoms with Gasteiger partial charge < -0.3 is 11.1 Å². The first-order valence-electron chi connectivity index (χ1n) is 6.78. The number of fused-ring (bicyclic) bond motifs is 1. The van der Waals surface area contributed by atoms with Crippen LogP contribution in [0.15, 0.2) is 12.1 Å². The lowest BCUT2D eigenvalue weighted by molar-refractivity contribution is 0.100. The van der Waals surface area contributed by atoms with Crippen molar-refractivity contribution in [1.29, 1.82) is 0 Å². The molecule has 3 N–H and O–H groups in total. The number of nitrogens with one attached hydrogen (secondary N) is 1. The lowest BCUT2D eigenvalue weighted by Crippen LogP contribution is -2.18. The minimum atomic E-state index is -1.18. The number of benzene rings is 1. The fraction of sp³-hybridized carbons (Fsp3) is 0.200. The highest BCUT2D eigenvalue weighted by Gasteiger charge is 2.27. The molecular weight excluding hydrogens is 346 g/mol. The van der Waals surface area contributed by atoms with Crippen LogP contribution in [-0.2, 0) is 12.8 Å². The zero-order valence-electron chi connectivity index (χ0n) is 11.7. The highest BCUT2D eigenvalue weighted by Crippen LogP contribution is 2.39. The largest absolute Gasteiger partial charge is 0.365 e. The third-order valence-electron chi connectivity index (χ3n) is 3.65. The normalized spacial score (nSPS) is 13.0. The number of rotatable bonds is 3. The molecule has 120 valence electrons. The van der Waals surface area contributed by atoms with E-state index in [0.717, 1.165) is 41.8 Å². The van der Waals surface area contributed by atoms with Crippen LogP contribution in [0.2, 0.25) is 5.02 Å². The fourth-order valence-electron chi connectivity index (χ4n) is 2.62. The van der Waals surface area contributed by atoms with Gasteiger partial charge in [0.2, 0.25) is 0 Å². The van der Waals surface area contributed by atoms with Gasteiger partial charge in [-0.05, 0) is 37.0 Å². The molecule has 2 amide bonds. The first-order valence-corrected chi connectivity index (χ1v) is 7.98. The van der Waals surface area contributed by atoms with Crippen molar-refractivity contribution in [2.75, 3.05) is 5.32 Å². The van der Waals surface area contributed by atoms with Crippen LogP contribution >= 0.6 is 22.9 Å². The molecule has 1 aromatic heterocycles. The maximum Gasteiger partial charge on any atom is 0.257 e. The molecule has 1 aromatic carbocycles. The number of anilines is 1. The molecule has 0 saturated heterocycles. The summed E-state index contributed by atoms with van der Waals surface area (Å²) in [5.41, 5.74) is 6.33. The zero-order valence-corrected chi connectivity index (χ0v) is 13.3. The molecular formula is C15H11ClF2N2O2S. The number of halogens is 3. The summed E-state index contributed by atoms with van der Waals surface area (Å²) in [6.45, 7) is 0. The third-order valence-corrected chi connectivity index (χ3v) is 5.17. The first kappa shape index (κ1) is 15.9. The van der Waals surface area contributed by atoms with Crippen LogP contribution in [-0.4, -0.2) is 11.8 Å². The maximum absolute atomic E-state index is 13.3. The van der Waals surface area contributed by atoms with Crippen molar-refractivity contribution in [2.45, 2.75) is 19.3 Å². The number of primary amides is 1. The van der Waals surface area contributed by atoms with Crippen molar-refractivity contribution in [1.82, 2.24) is 0 Å². The van der Waals surface area contributed by atoms with Gasteiger partial charge in [0.05, 0.1) is 16.1 Å². The van der Waals surface area contributed by atoms with E-state index in [-0.39, 0.29) is 16.1 Å². The molecule has 23 heavy (non-hydrogen) atoms. The summed E-state index contributed by atoms with van der Waals surface area (Å²) in [5, 5.41) is 2.63. The Balaban J connectivity index is 1.95. The monoisotopic (exact) mass is 356 g/mol. The van der Waals surface area contributed by atoms with Gasteiger partial charge in [-0.15, -0.1) is 11.3 Å². The smallest absolute Gasteiger partial charge is 0.257 e. The molecule has 0 spiro atoms. The van der Waals surface area contributed by atoms with Gasteiger partial charge >= 0.3 is 0 Å². The summed E-state index contributed by atoms with van der Waals surface area (Å²) in [7, 11) is 0. The number of hydrogen-bond acceptors (Lipinski definition) is 3. The summed E-state index contributed by atoms with van der Waals surface area (Å²) in [6.07, 6.45) is 2.48. The predicted octanol–water partition coefficient (Wildman–Crippen LogP) is 3.52. The van der Waals surface area contributed by atoms with Crippen molar-refractivity contribution < 1.29 is 18.4 Å². The molecule has 1 heterocycles. The molecule has 0 aliphatic heterocycles. The average molecular weight is 357 g/mol. The van der Waals surface area contributed by atoms with Crippen LogP contribution < -0.4 is 11.1 Å². The van der Waals surface area contributed by atoms with E-state index < -0.39 is 23.4 Å². The number of carbonyl (C=O) groups excluding carboxylic acids is 2. The molecule has 1 aliphatic carbocycles. The molecule has 0 saturated carbocycles. The molecule has 0 atom stereocenters. The van der Waals surface area contributed by atoms with Gasteiger partial charge in [-0.25, -0.2) is 8.78 Å². The summed E-state index contributed by atoms with van der Waals surface area (Å²) < 4.78 is 26.4. The topological polar surface area (TPSA) is 72.2 Å². The van der Waals surface area contributed by atoms with Crippen molar-refractivity contribution in [2.24, 2.45) is 5.73 Å². The van der Waals surface area contributed by atoms with Crippen LogP contribution in [0.1, 0.15) is 37.6 Å². The molecule has 8 heteroatoms. The van der Waals surface area contributed by atoms with E-state index in [0.29, 0.717) is 5.00 Å². The van der Waals surface area contributed by atoms with Gasteiger partial charge in [0.1, 0.15) is 5.00 Å². The number of aryl methyl sites for hydroxylation is 1. The van der Waals surface area contributed by atoms with Crippen molar-refractivity contribution in [3.05, 3.63) is 50.4 Å². The Hall–Kier alpha value is -1.99. The Morgan fingerprint density at radius 1 is 1.22 bits per heavy atom. The molecule has 1 aliphatic rings. The Labute approximate surface area is 139 Å². The molecule has 0 fully saturated rings. The average Bonchev–Trinajstić information content (AvgIpc) is 3.02.